The van der Waals surface area contributed by atoms with Crippen LogP contribution in [0.2, 0.25) is 0 Å². The lowest BCUT2D eigenvalue weighted by atomic mass is 9.93. The van der Waals surface area contributed by atoms with Crippen molar-refractivity contribution < 1.29 is 19.1 Å². The number of primary amides is 1. The molecule has 1 fully saturated rings. The molecule has 2 rings (SSSR count). The van der Waals surface area contributed by atoms with Crippen molar-refractivity contribution in [2.24, 2.45) is 17.4 Å². The first kappa shape index (κ1) is 15.0. The lowest BCUT2D eigenvalue weighted by Gasteiger charge is -2.33. The van der Waals surface area contributed by atoms with E-state index in [1.807, 2.05) is 30.3 Å². The van der Waals surface area contributed by atoms with E-state index in [1.165, 1.54) is 4.90 Å². The minimum absolute atomic E-state index is 0.0240. The first-order chi connectivity index (χ1) is 9.99. The number of amides is 2. The molecule has 2 atom stereocenters. The molecule has 0 spiro atoms. The van der Waals surface area contributed by atoms with Gasteiger partial charge < -0.3 is 21.1 Å². The van der Waals surface area contributed by atoms with Gasteiger partial charge in [0.1, 0.15) is 12.5 Å². The van der Waals surface area contributed by atoms with Gasteiger partial charge in [0.05, 0.1) is 6.04 Å². The van der Waals surface area contributed by atoms with Crippen molar-refractivity contribution >= 4 is 17.8 Å². The van der Waals surface area contributed by atoms with Crippen molar-refractivity contribution in [3.8, 4) is 0 Å². The maximum absolute atomic E-state index is 12.0. The fourth-order valence-corrected chi connectivity index (χ4v) is 2.16. The molecule has 21 heavy (non-hydrogen) atoms. The van der Waals surface area contributed by atoms with E-state index in [-0.39, 0.29) is 19.7 Å². The highest BCUT2D eigenvalue weighted by atomic mass is 16.6. The summed E-state index contributed by atoms with van der Waals surface area (Å²) in [5.74, 6) is -2.29. The van der Waals surface area contributed by atoms with Crippen LogP contribution in [0.5, 0.6) is 0 Å². The van der Waals surface area contributed by atoms with Crippen molar-refractivity contribution in [1.29, 1.82) is 0 Å². The number of rotatable bonds is 3. The normalized spacial score (nSPS) is 22.0. The van der Waals surface area contributed by atoms with Gasteiger partial charge in [0.25, 0.3) is 0 Å². The molecule has 1 aromatic carbocycles. The van der Waals surface area contributed by atoms with Gasteiger partial charge in [-0.25, -0.2) is 4.79 Å². The van der Waals surface area contributed by atoms with Crippen molar-refractivity contribution in [2.45, 2.75) is 12.6 Å². The Bertz CT molecular complexity index is 546. The van der Waals surface area contributed by atoms with E-state index in [2.05, 4.69) is 0 Å². The predicted octanol–water partition coefficient (Wildman–Crippen LogP) is -0.363. The summed E-state index contributed by atoms with van der Waals surface area (Å²) in [5, 5.41) is 0. The number of nitrogens with two attached hydrogens (primary N) is 2. The van der Waals surface area contributed by atoms with Crippen LogP contribution < -0.4 is 11.5 Å². The van der Waals surface area contributed by atoms with Crippen molar-refractivity contribution in [2.75, 3.05) is 13.1 Å². The van der Waals surface area contributed by atoms with Crippen LogP contribution in [0.4, 0.5) is 4.79 Å². The molecule has 0 radical (unpaired) electrons. The highest BCUT2D eigenvalue weighted by Crippen LogP contribution is 2.14. The van der Waals surface area contributed by atoms with E-state index in [1.54, 1.807) is 0 Å². The van der Waals surface area contributed by atoms with Crippen molar-refractivity contribution in [1.82, 2.24) is 4.90 Å². The summed E-state index contributed by atoms with van der Waals surface area (Å²) in [6.45, 7) is 0.0479. The van der Waals surface area contributed by atoms with E-state index in [4.69, 9.17) is 16.2 Å². The Kier molecular flexibility index (Phi) is 4.54. The van der Waals surface area contributed by atoms with E-state index >= 15 is 0 Å². The van der Waals surface area contributed by atoms with E-state index in [9.17, 15) is 14.4 Å². The number of hydrogen-bond donors (Lipinski definition) is 2. The standard InChI is InChI=1S/C14H17N3O4/c15-11-7-17(6-10(12(11)18)13(16)19)14(20)21-8-9-4-2-1-3-5-9/h1-5,10-11H,6-8,15H2,(H2,16,19). The minimum Gasteiger partial charge on any atom is -0.445 e. The van der Waals surface area contributed by atoms with E-state index in [0.717, 1.165) is 5.56 Å². The van der Waals surface area contributed by atoms with Gasteiger partial charge in [-0.2, -0.15) is 0 Å². The maximum Gasteiger partial charge on any atom is 0.410 e. The smallest absolute Gasteiger partial charge is 0.410 e. The van der Waals surface area contributed by atoms with Gasteiger partial charge in [-0.15, -0.1) is 0 Å². The molecule has 1 aromatic rings. The Labute approximate surface area is 121 Å². The Morgan fingerprint density at radius 3 is 2.52 bits per heavy atom. The lowest BCUT2D eigenvalue weighted by Crippen LogP contribution is -2.58. The summed E-state index contributed by atoms with van der Waals surface area (Å²) >= 11 is 0. The van der Waals surface area contributed by atoms with Gasteiger partial charge in [-0.1, -0.05) is 30.3 Å². The highest BCUT2D eigenvalue weighted by molar-refractivity contribution is 6.04. The summed E-state index contributed by atoms with van der Waals surface area (Å²) in [4.78, 5) is 36.2. The highest BCUT2D eigenvalue weighted by Gasteiger charge is 2.38. The third-order valence-electron chi connectivity index (χ3n) is 3.34. The average molecular weight is 291 g/mol. The summed E-state index contributed by atoms with van der Waals surface area (Å²) in [5.41, 5.74) is 11.6. The maximum atomic E-state index is 12.0. The van der Waals surface area contributed by atoms with Crippen LogP contribution in [-0.4, -0.2) is 41.8 Å². The van der Waals surface area contributed by atoms with Gasteiger partial charge in [0.15, 0.2) is 5.78 Å². The number of benzene rings is 1. The molecular formula is C14H17N3O4. The number of hydrogen-bond acceptors (Lipinski definition) is 5. The molecule has 1 saturated heterocycles. The molecule has 2 unspecified atom stereocenters. The fourth-order valence-electron chi connectivity index (χ4n) is 2.16. The third kappa shape index (κ3) is 3.57. The van der Waals surface area contributed by atoms with Crippen molar-refractivity contribution in [3.63, 3.8) is 0 Å². The van der Waals surface area contributed by atoms with Crippen LogP contribution in [0.1, 0.15) is 5.56 Å². The molecule has 1 aliphatic rings. The van der Waals surface area contributed by atoms with Crippen LogP contribution in [0.3, 0.4) is 0 Å². The molecule has 0 aliphatic carbocycles. The SMILES string of the molecule is NC(=O)C1CN(C(=O)OCc2ccccc2)CC(N)C1=O. The minimum atomic E-state index is -1.07. The molecule has 1 aliphatic heterocycles. The number of ether oxygens (including phenoxy) is 1. The zero-order chi connectivity index (χ0) is 15.4. The second-order valence-corrected chi connectivity index (χ2v) is 4.91. The molecule has 0 bridgehead atoms. The molecule has 0 saturated carbocycles. The zero-order valence-electron chi connectivity index (χ0n) is 11.4. The Balaban J connectivity index is 1.96. The fraction of sp³-hybridized carbons (Fsp3) is 0.357. The molecule has 4 N–H and O–H groups in total. The monoisotopic (exact) mass is 291 g/mol. The lowest BCUT2D eigenvalue weighted by molar-refractivity contribution is -0.136. The summed E-state index contributed by atoms with van der Waals surface area (Å²) in [6, 6.07) is 8.26. The number of likely N-dealkylation sites (tertiary alicyclic amines) is 1. The second-order valence-electron chi connectivity index (χ2n) is 4.91. The zero-order valence-corrected chi connectivity index (χ0v) is 11.4. The topological polar surface area (TPSA) is 116 Å². The molecule has 7 heteroatoms. The quantitative estimate of drug-likeness (QED) is 0.738. The van der Waals surface area contributed by atoms with Gasteiger partial charge in [-0.05, 0) is 5.56 Å². The molecule has 0 aromatic heterocycles. The first-order valence-corrected chi connectivity index (χ1v) is 6.53. The number of nitrogens with zero attached hydrogens (tertiary/aromatic N) is 1. The third-order valence-corrected chi connectivity index (χ3v) is 3.34. The molecule has 112 valence electrons. The Morgan fingerprint density at radius 2 is 1.90 bits per heavy atom. The Hall–Kier alpha value is -2.41. The first-order valence-electron chi connectivity index (χ1n) is 6.53. The molecular weight excluding hydrogens is 274 g/mol. The van der Waals surface area contributed by atoms with E-state index < -0.39 is 29.7 Å². The molecule has 2 amide bonds. The van der Waals surface area contributed by atoms with Crippen molar-refractivity contribution in [3.05, 3.63) is 35.9 Å². The van der Waals surface area contributed by atoms with Gasteiger partial charge in [0.2, 0.25) is 5.91 Å². The number of Topliss-reactive ketones (excluding diaryl/α,β-unsaturated/α-hetero) is 1. The van der Waals surface area contributed by atoms with Crippen LogP contribution in [0.25, 0.3) is 0 Å². The number of carbonyl (C=O) groups is 3. The number of piperidine rings is 1. The molecule has 1 heterocycles. The second kappa shape index (κ2) is 6.36. The Morgan fingerprint density at radius 1 is 1.24 bits per heavy atom. The summed E-state index contributed by atoms with van der Waals surface area (Å²) in [6.07, 6.45) is -0.618. The van der Waals surface area contributed by atoms with Gasteiger partial charge in [-0.3, -0.25) is 9.59 Å². The van der Waals surface area contributed by atoms with Gasteiger partial charge >= 0.3 is 6.09 Å². The van der Waals surface area contributed by atoms with Crippen LogP contribution in [-0.2, 0) is 20.9 Å². The number of carbonyl (C=O) groups excluding carboxylic acids is 3. The summed E-state index contributed by atoms with van der Waals surface area (Å²) < 4.78 is 5.15. The molecule has 7 nitrogen and oxygen atoms in total. The van der Waals surface area contributed by atoms with Crippen LogP contribution in [0, 0.1) is 5.92 Å². The summed E-state index contributed by atoms with van der Waals surface area (Å²) in [7, 11) is 0. The van der Waals surface area contributed by atoms with Gasteiger partial charge in [0, 0.05) is 13.1 Å². The van der Waals surface area contributed by atoms with E-state index in [0.29, 0.717) is 0 Å². The van der Waals surface area contributed by atoms with Crippen LogP contribution in [0.15, 0.2) is 30.3 Å². The predicted molar refractivity (Wildman–Crippen MR) is 73.9 cm³/mol. The van der Waals surface area contributed by atoms with Crippen LogP contribution >= 0.6 is 0 Å². The number of ketones is 1. The largest absolute Gasteiger partial charge is 0.445 e. The average Bonchev–Trinajstić information content (AvgIpc) is 2.48.